The molecule has 0 spiro atoms. The highest BCUT2D eigenvalue weighted by molar-refractivity contribution is 5.44. The SMILES string of the molecule is CCCN1CCN(c2cc[nH]c2)CC1. The van der Waals surface area contributed by atoms with Gasteiger partial charge in [-0.15, -0.1) is 0 Å². The normalized spacial score (nSPS) is 18.8. The lowest BCUT2D eigenvalue weighted by Crippen LogP contribution is -2.46. The fourth-order valence-electron chi connectivity index (χ4n) is 2.06. The van der Waals surface area contributed by atoms with E-state index in [0.717, 1.165) is 13.1 Å². The first kappa shape index (κ1) is 9.59. The third kappa shape index (κ3) is 2.10. The van der Waals surface area contributed by atoms with Crippen molar-refractivity contribution in [3.63, 3.8) is 0 Å². The Labute approximate surface area is 85.7 Å². The summed E-state index contributed by atoms with van der Waals surface area (Å²) in [5.41, 5.74) is 1.33. The molecule has 1 aromatic rings. The molecule has 1 fully saturated rings. The first-order chi connectivity index (χ1) is 6.90. The Hall–Kier alpha value is -0.960. The standard InChI is InChI=1S/C11H19N3/c1-2-5-13-6-8-14(9-7-13)11-3-4-12-10-11/h3-4,10,12H,2,5-9H2,1H3. The average Bonchev–Trinajstić information content (AvgIpc) is 2.72. The maximum absolute atomic E-state index is 3.11. The zero-order chi connectivity index (χ0) is 9.80. The third-order valence-corrected chi connectivity index (χ3v) is 2.86. The van der Waals surface area contributed by atoms with Gasteiger partial charge in [-0.25, -0.2) is 0 Å². The summed E-state index contributed by atoms with van der Waals surface area (Å²) in [6.45, 7) is 8.24. The molecule has 0 aliphatic carbocycles. The molecule has 78 valence electrons. The first-order valence-electron chi connectivity index (χ1n) is 5.50. The minimum atomic E-state index is 1.16. The summed E-state index contributed by atoms with van der Waals surface area (Å²) < 4.78 is 0. The second-order valence-electron chi connectivity index (χ2n) is 3.90. The number of piperazine rings is 1. The van der Waals surface area contributed by atoms with Crippen molar-refractivity contribution in [1.82, 2.24) is 9.88 Å². The number of rotatable bonds is 3. The zero-order valence-corrected chi connectivity index (χ0v) is 8.87. The van der Waals surface area contributed by atoms with Crippen LogP contribution in [0.1, 0.15) is 13.3 Å². The molecule has 1 N–H and O–H groups in total. The van der Waals surface area contributed by atoms with Crippen molar-refractivity contribution in [2.75, 3.05) is 37.6 Å². The van der Waals surface area contributed by atoms with E-state index in [2.05, 4.69) is 34.0 Å². The summed E-state index contributed by atoms with van der Waals surface area (Å²) >= 11 is 0. The summed E-state index contributed by atoms with van der Waals surface area (Å²) in [7, 11) is 0. The number of hydrogen-bond acceptors (Lipinski definition) is 2. The van der Waals surface area contributed by atoms with E-state index in [1.54, 1.807) is 0 Å². The quantitative estimate of drug-likeness (QED) is 0.786. The van der Waals surface area contributed by atoms with E-state index in [0.29, 0.717) is 0 Å². The average molecular weight is 193 g/mol. The van der Waals surface area contributed by atoms with E-state index < -0.39 is 0 Å². The molecule has 3 heteroatoms. The summed E-state index contributed by atoms with van der Waals surface area (Å²) in [6, 6.07) is 2.15. The van der Waals surface area contributed by atoms with Crippen LogP contribution in [0.4, 0.5) is 5.69 Å². The summed E-state index contributed by atoms with van der Waals surface area (Å²) in [4.78, 5) is 8.10. The van der Waals surface area contributed by atoms with Gasteiger partial charge in [-0.3, -0.25) is 4.90 Å². The van der Waals surface area contributed by atoms with E-state index in [4.69, 9.17) is 0 Å². The number of nitrogens with one attached hydrogen (secondary N) is 1. The molecule has 0 saturated carbocycles. The Balaban J connectivity index is 1.84. The van der Waals surface area contributed by atoms with Gasteiger partial charge in [-0.05, 0) is 19.0 Å². The molecule has 1 saturated heterocycles. The topological polar surface area (TPSA) is 22.3 Å². The summed E-state index contributed by atoms with van der Waals surface area (Å²) in [6.07, 6.45) is 5.34. The van der Waals surface area contributed by atoms with Gasteiger partial charge in [-0.2, -0.15) is 0 Å². The van der Waals surface area contributed by atoms with Crippen LogP contribution in [0.3, 0.4) is 0 Å². The predicted octanol–water partition coefficient (Wildman–Crippen LogP) is 1.55. The summed E-state index contributed by atoms with van der Waals surface area (Å²) in [5.74, 6) is 0. The lowest BCUT2D eigenvalue weighted by atomic mass is 10.3. The van der Waals surface area contributed by atoms with E-state index in [9.17, 15) is 0 Å². The van der Waals surface area contributed by atoms with Crippen LogP contribution in [0.15, 0.2) is 18.5 Å². The fourth-order valence-corrected chi connectivity index (χ4v) is 2.06. The van der Waals surface area contributed by atoms with Crippen LogP contribution in [0.5, 0.6) is 0 Å². The van der Waals surface area contributed by atoms with Gasteiger partial charge in [0.2, 0.25) is 0 Å². The molecule has 1 aromatic heterocycles. The molecular weight excluding hydrogens is 174 g/mol. The van der Waals surface area contributed by atoms with E-state index in [1.165, 1.54) is 31.7 Å². The first-order valence-corrected chi connectivity index (χ1v) is 5.50. The lowest BCUT2D eigenvalue weighted by molar-refractivity contribution is 0.258. The van der Waals surface area contributed by atoms with Gasteiger partial charge >= 0.3 is 0 Å². The van der Waals surface area contributed by atoms with Crippen LogP contribution < -0.4 is 4.90 Å². The number of anilines is 1. The minimum absolute atomic E-state index is 1.16. The molecule has 1 aliphatic heterocycles. The van der Waals surface area contributed by atoms with Crippen molar-refractivity contribution >= 4 is 5.69 Å². The van der Waals surface area contributed by atoms with Crippen molar-refractivity contribution in [2.45, 2.75) is 13.3 Å². The van der Waals surface area contributed by atoms with Gasteiger partial charge in [0, 0.05) is 38.6 Å². The molecule has 3 nitrogen and oxygen atoms in total. The fraction of sp³-hybridized carbons (Fsp3) is 0.636. The van der Waals surface area contributed by atoms with Crippen molar-refractivity contribution in [2.24, 2.45) is 0 Å². The number of aromatic amines is 1. The molecule has 1 aliphatic rings. The van der Waals surface area contributed by atoms with Crippen LogP contribution in [0, 0.1) is 0 Å². The Morgan fingerprint density at radius 1 is 1.29 bits per heavy atom. The number of nitrogens with zero attached hydrogens (tertiary/aromatic N) is 2. The summed E-state index contributed by atoms with van der Waals surface area (Å²) in [5, 5.41) is 0. The third-order valence-electron chi connectivity index (χ3n) is 2.86. The highest BCUT2D eigenvalue weighted by atomic mass is 15.3. The molecule has 0 unspecified atom stereocenters. The van der Waals surface area contributed by atoms with Crippen molar-refractivity contribution in [3.8, 4) is 0 Å². The Kier molecular flexibility index (Phi) is 3.09. The predicted molar refractivity (Wildman–Crippen MR) is 59.7 cm³/mol. The monoisotopic (exact) mass is 193 g/mol. The van der Waals surface area contributed by atoms with Crippen molar-refractivity contribution in [3.05, 3.63) is 18.5 Å². The molecule has 0 aromatic carbocycles. The molecule has 14 heavy (non-hydrogen) atoms. The highest BCUT2D eigenvalue weighted by Crippen LogP contribution is 2.14. The molecule has 0 bridgehead atoms. The number of H-pyrrole nitrogens is 1. The van der Waals surface area contributed by atoms with E-state index >= 15 is 0 Å². The molecule has 2 heterocycles. The molecule has 2 rings (SSSR count). The van der Waals surface area contributed by atoms with Crippen LogP contribution >= 0.6 is 0 Å². The smallest absolute Gasteiger partial charge is 0.0544 e. The van der Waals surface area contributed by atoms with Crippen LogP contribution in [-0.2, 0) is 0 Å². The van der Waals surface area contributed by atoms with Crippen LogP contribution in [0.25, 0.3) is 0 Å². The zero-order valence-electron chi connectivity index (χ0n) is 8.87. The Morgan fingerprint density at radius 2 is 2.07 bits per heavy atom. The van der Waals surface area contributed by atoms with Crippen molar-refractivity contribution < 1.29 is 0 Å². The molecule has 0 amide bonds. The highest BCUT2D eigenvalue weighted by Gasteiger charge is 2.15. The Morgan fingerprint density at radius 3 is 2.64 bits per heavy atom. The maximum atomic E-state index is 3.11. The molecular formula is C11H19N3. The van der Waals surface area contributed by atoms with Gasteiger partial charge in [0.25, 0.3) is 0 Å². The number of hydrogen-bond donors (Lipinski definition) is 1. The molecule has 0 atom stereocenters. The Bertz CT molecular complexity index is 248. The van der Waals surface area contributed by atoms with Crippen LogP contribution in [-0.4, -0.2) is 42.6 Å². The van der Waals surface area contributed by atoms with E-state index in [-0.39, 0.29) is 0 Å². The van der Waals surface area contributed by atoms with Gasteiger partial charge in [0.05, 0.1) is 5.69 Å². The second kappa shape index (κ2) is 4.51. The van der Waals surface area contributed by atoms with E-state index in [1.807, 2.05) is 6.20 Å². The minimum Gasteiger partial charge on any atom is -0.368 e. The van der Waals surface area contributed by atoms with Crippen molar-refractivity contribution in [1.29, 1.82) is 0 Å². The van der Waals surface area contributed by atoms with Gasteiger partial charge < -0.3 is 9.88 Å². The maximum Gasteiger partial charge on any atom is 0.0544 e. The molecule has 0 radical (unpaired) electrons. The van der Waals surface area contributed by atoms with Gasteiger partial charge in [0.15, 0.2) is 0 Å². The lowest BCUT2D eigenvalue weighted by Gasteiger charge is -2.35. The van der Waals surface area contributed by atoms with Gasteiger partial charge in [-0.1, -0.05) is 6.92 Å². The second-order valence-corrected chi connectivity index (χ2v) is 3.90. The largest absolute Gasteiger partial charge is 0.368 e. The number of aromatic nitrogens is 1. The van der Waals surface area contributed by atoms with Crippen LogP contribution in [0.2, 0.25) is 0 Å². The van der Waals surface area contributed by atoms with Gasteiger partial charge in [0.1, 0.15) is 0 Å².